The van der Waals surface area contributed by atoms with Crippen LogP contribution in [0.1, 0.15) is 37.8 Å². The lowest BCUT2D eigenvalue weighted by Crippen LogP contribution is -2.38. The van der Waals surface area contributed by atoms with Gasteiger partial charge in [0, 0.05) is 30.0 Å². The Labute approximate surface area is 130 Å². The number of halogens is 1. The van der Waals surface area contributed by atoms with Gasteiger partial charge < -0.3 is 15.7 Å². The lowest BCUT2D eigenvalue weighted by molar-refractivity contribution is -0.135. The average Bonchev–Trinajstić information content (AvgIpc) is 3.30. The van der Waals surface area contributed by atoms with Crippen LogP contribution >= 0.6 is 11.6 Å². The smallest absolute Gasteiger partial charge is 0.223 e. The Kier molecular flexibility index (Phi) is 5.62. The van der Waals surface area contributed by atoms with Crippen molar-refractivity contribution >= 4 is 17.5 Å². The summed E-state index contributed by atoms with van der Waals surface area (Å²) in [4.78, 5) is 14.5. The van der Waals surface area contributed by atoms with E-state index in [0.717, 1.165) is 18.4 Å². The van der Waals surface area contributed by atoms with Crippen molar-refractivity contribution in [2.45, 2.75) is 38.3 Å². The van der Waals surface area contributed by atoms with Crippen molar-refractivity contribution in [3.63, 3.8) is 0 Å². The monoisotopic (exact) mass is 310 g/mol. The number of aliphatic hydroxyl groups excluding tert-OH is 1. The second-order valence-corrected chi connectivity index (χ2v) is 6.13. The van der Waals surface area contributed by atoms with Crippen molar-refractivity contribution in [1.82, 2.24) is 4.90 Å². The molecule has 0 heterocycles. The van der Waals surface area contributed by atoms with Crippen LogP contribution in [0.2, 0.25) is 5.02 Å². The molecule has 5 heteroatoms. The van der Waals surface area contributed by atoms with Gasteiger partial charge in [0.05, 0.1) is 6.04 Å². The number of carbonyl (C=O) groups is 1. The van der Waals surface area contributed by atoms with Crippen LogP contribution in [0.15, 0.2) is 24.3 Å². The van der Waals surface area contributed by atoms with Gasteiger partial charge in [-0.3, -0.25) is 4.79 Å². The number of nitrogens with zero attached hydrogens (tertiary/aromatic N) is 1. The number of hydrogen-bond donors (Lipinski definition) is 2. The molecule has 21 heavy (non-hydrogen) atoms. The number of hydrogen-bond acceptors (Lipinski definition) is 3. The van der Waals surface area contributed by atoms with Gasteiger partial charge in [0.25, 0.3) is 0 Å². The van der Waals surface area contributed by atoms with Crippen LogP contribution in [0.4, 0.5) is 0 Å². The molecule has 1 aromatic rings. The molecule has 1 amide bonds. The van der Waals surface area contributed by atoms with Crippen molar-refractivity contribution in [3.8, 4) is 0 Å². The molecule has 3 N–H and O–H groups in total. The zero-order valence-corrected chi connectivity index (χ0v) is 13.1. The summed E-state index contributed by atoms with van der Waals surface area (Å²) in [6.45, 7) is 2.27. The molecule has 0 spiro atoms. The van der Waals surface area contributed by atoms with E-state index in [0.29, 0.717) is 17.6 Å². The number of nitrogens with two attached hydrogens (primary N) is 1. The van der Waals surface area contributed by atoms with Gasteiger partial charge in [0.15, 0.2) is 0 Å². The fourth-order valence-corrected chi connectivity index (χ4v) is 2.92. The van der Waals surface area contributed by atoms with Gasteiger partial charge in [0.1, 0.15) is 0 Å². The fraction of sp³-hybridized carbons (Fsp3) is 0.562. The topological polar surface area (TPSA) is 66.6 Å². The Morgan fingerprint density at radius 1 is 1.48 bits per heavy atom. The summed E-state index contributed by atoms with van der Waals surface area (Å²) >= 11 is 6.26. The molecule has 1 fully saturated rings. The molecule has 0 radical (unpaired) electrons. The van der Waals surface area contributed by atoms with Crippen molar-refractivity contribution < 1.29 is 9.90 Å². The minimum Gasteiger partial charge on any atom is -0.396 e. The number of amides is 1. The van der Waals surface area contributed by atoms with Crippen molar-refractivity contribution in [1.29, 1.82) is 0 Å². The number of rotatable bonds is 7. The molecule has 0 aliphatic heterocycles. The van der Waals surface area contributed by atoms with Crippen molar-refractivity contribution in [2.24, 2.45) is 11.7 Å². The third-order valence-corrected chi connectivity index (χ3v) is 4.40. The van der Waals surface area contributed by atoms with Gasteiger partial charge >= 0.3 is 0 Å². The summed E-state index contributed by atoms with van der Waals surface area (Å²) in [6, 6.07) is 7.86. The van der Waals surface area contributed by atoms with Crippen LogP contribution < -0.4 is 5.73 Å². The molecule has 1 aliphatic carbocycles. The summed E-state index contributed by atoms with van der Waals surface area (Å²) in [6.07, 6.45) is 2.36. The maximum Gasteiger partial charge on any atom is 0.223 e. The third-order valence-electron chi connectivity index (χ3n) is 4.06. The Morgan fingerprint density at radius 2 is 2.14 bits per heavy atom. The molecule has 4 nitrogen and oxygen atoms in total. The first-order chi connectivity index (χ1) is 10.1. The van der Waals surface area contributed by atoms with Gasteiger partial charge in [0.2, 0.25) is 5.91 Å². The van der Waals surface area contributed by atoms with E-state index in [4.69, 9.17) is 17.3 Å². The second kappa shape index (κ2) is 7.25. The highest BCUT2D eigenvalue weighted by Gasteiger charge is 2.37. The van der Waals surface area contributed by atoms with E-state index in [2.05, 4.69) is 0 Å². The van der Waals surface area contributed by atoms with E-state index >= 15 is 0 Å². The molecular formula is C16H23ClN2O2. The third kappa shape index (κ3) is 3.96. The van der Waals surface area contributed by atoms with Crippen molar-refractivity contribution in [3.05, 3.63) is 34.9 Å². The van der Waals surface area contributed by atoms with E-state index in [1.165, 1.54) is 0 Å². The van der Waals surface area contributed by atoms with Gasteiger partial charge in [-0.05, 0) is 37.9 Å². The predicted octanol–water partition coefficient (Wildman–Crippen LogP) is 2.35. The molecule has 2 atom stereocenters. The van der Waals surface area contributed by atoms with Crippen LogP contribution in [-0.2, 0) is 4.79 Å². The van der Waals surface area contributed by atoms with Crippen LogP contribution in [-0.4, -0.2) is 35.1 Å². The lowest BCUT2D eigenvalue weighted by atomic mass is 10.0. The normalized spacial score (nSPS) is 17.3. The van der Waals surface area contributed by atoms with Crippen molar-refractivity contribution in [2.75, 3.05) is 13.2 Å². The predicted molar refractivity (Wildman–Crippen MR) is 84.0 cm³/mol. The Morgan fingerprint density at radius 3 is 2.67 bits per heavy atom. The standard InChI is InChI=1S/C16H23ClN2O2/c1-11(14-4-2-3-5-15(14)17)19(13-6-7-13)16(21)8-12(9-18)10-20/h2-5,11-13,20H,6-10,18H2,1H3/t11-,12+/m1/s1. The largest absolute Gasteiger partial charge is 0.396 e. The molecule has 0 saturated heterocycles. The number of carbonyl (C=O) groups excluding carboxylic acids is 1. The fourth-order valence-electron chi connectivity index (χ4n) is 2.63. The van der Waals surface area contributed by atoms with E-state index in [9.17, 15) is 9.90 Å². The molecule has 0 unspecified atom stereocenters. The SMILES string of the molecule is C[C@H](c1ccccc1Cl)N(C(=O)C[C@@H](CN)CO)C1CC1. The highest BCUT2D eigenvalue weighted by atomic mass is 35.5. The van der Waals surface area contributed by atoms with Crippen LogP contribution in [0.25, 0.3) is 0 Å². The maximum absolute atomic E-state index is 12.6. The van der Waals surface area contributed by atoms with Gasteiger partial charge in [-0.1, -0.05) is 29.8 Å². The number of benzene rings is 1. The first-order valence-corrected chi connectivity index (χ1v) is 7.82. The first kappa shape index (κ1) is 16.3. The molecule has 1 aliphatic rings. The Balaban J connectivity index is 2.15. The van der Waals surface area contributed by atoms with E-state index in [1.807, 2.05) is 36.1 Å². The van der Waals surface area contributed by atoms with Crippen LogP contribution in [0.3, 0.4) is 0 Å². The van der Waals surface area contributed by atoms with Gasteiger partial charge in [-0.2, -0.15) is 0 Å². The van der Waals surface area contributed by atoms with E-state index < -0.39 is 0 Å². The first-order valence-electron chi connectivity index (χ1n) is 7.45. The molecule has 0 aromatic heterocycles. The summed E-state index contributed by atoms with van der Waals surface area (Å²) in [7, 11) is 0. The van der Waals surface area contributed by atoms with Crippen LogP contribution in [0, 0.1) is 5.92 Å². The summed E-state index contributed by atoms with van der Waals surface area (Å²) in [5.74, 6) is -0.119. The Hall–Kier alpha value is -1.10. The summed E-state index contributed by atoms with van der Waals surface area (Å²) in [5.41, 5.74) is 6.55. The average molecular weight is 311 g/mol. The molecule has 1 aromatic carbocycles. The zero-order valence-electron chi connectivity index (χ0n) is 12.3. The second-order valence-electron chi connectivity index (χ2n) is 5.72. The summed E-state index contributed by atoms with van der Waals surface area (Å²) in [5, 5.41) is 9.92. The van der Waals surface area contributed by atoms with Gasteiger partial charge in [-0.25, -0.2) is 0 Å². The highest BCUT2D eigenvalue weighted by Crippen LogP contribution is 2.37. The van der Waals surface area contributed by atoms with Crippen LogP contribution in [0.5, 0.6) is 0 Å². The molecule has 0 bridgehead atoms. The maximum atomic E-state index is 12.6. The molecule has 116 valence electrons. The molecule has 1 saturated carbocycles. The van der Waals surface area contributed by atoms with Gasteiger partial charge in [-0.15, -0.1) is 0 Å². The molecular weight excluding hydrogens is 288 g/mol. The number of aliphatic hydroxyl groups is 1. The highest BCUT2D eigenvalue weighted by molar-refractivity contribution is 6.31. The molecule has 2 rings (SSSR count). The van der Waals surface area contributed by atoms with E-state index in [1.54, 1.807) is 0 Å². The minimum absolute atomic E-state index is 0.0504. The Bertz CT molecular complexity index is 487. The minimum atomic E-state index is -0.169. The summed E-state index contributed by atoms with van der Waals surface area (Å²) < 4.78 is 0. The quantitative estimate of drug-likeness (QED) is 0.812. The van der Waals surface area contributed by atoms with E-state index in [-0.39, 0.29) is 30.9 Å². The zero-order chi connectivity index (χ0) is 15.4. The lowest BCUT2D eigenvalue weighted by Gasteiger charge is -2.31.